The summed E-state index contributed by atoms with van der Waals surface area (Å²) in [5.74, 6) is 0. The lowest BCUT2D eigenvalue weighted by molar-refractivity contribution is 1.19. The van der Waals surface area contributed by atoms with E-state index >= 15 is 0 Å². The number of rotatable bonds is 4. The van der Waals surface area contributed by atoms with Gasteiger partial charge in [0.05, 0.1) is 0 Å². The van der Waals surface area contributed by atoms with Gasteiger partial charge in [-0.1, -0.05) is 70.7 Å². The van der Waals surface area contributed by atoms with E-state index in [0.29, 0.717) is 37.9 Å². The van der Waals surface area contributed by atoms with Gasteiger partial charge >= 0.3 is 0 Å². The summed E-state index contributed by atoms with van der Waals surface area (Å²) in [6, 6.07) is 22.5. The van der Waals surface area contributed by atoms with Gasteiger partial charge in [-0.05, 0) is 70.8 Å². The van der Waals surface area contributed by atoms with Crippen LogP contribution in [0.25, 0.3) is 22.3 Å². The number of nitrogen functional groups attached to an aromatic ring is 2. The van der Waals surface area contributed by atoms with Gasteiger partial charge in [0, 0.05) is 49.0 Å². The smallest absolute Gasteiger partial charge is 0.0488 e. The molecule has 0 amide bonds. The maximum atomic E-state index is 6.60. The summed E-state index contributed by atoms with van der Waals surface area (Å²) in [6.45, 7) is 0. The standard InChI is InChI=1S/C25H18Cl4N2/c26-22-12-20(14-1-5-18(30)6-2-14)24(28)10-16(22)9-17-11-25(29)21(13-23(17)27)15-3-7-19(31)8-4-15/h1-8,10-13H,9,30-31H2. The Kier molecular flexibility index (Phi) is 6.36. The highest BCUT2D eigenvalue weighted by Gasteiger charge is 2.14. The van der Waals surface area contributed by atoms with Gasteiger partial charge in [0.2, 0.25) is 0 Å². The maximum Gasteiger partial charge on any atom is 0.0488 e. The summed E-state index contributed by atoms with van der Waals surface area (Å²) in [5.41, 5.74) is 18.2. The molecule has 156 valence electrons. The van der Waals surface area contributed by atoms with Gasteiger partial charge in [0.15, 0.2) is 0 Å². The fourth-order valence-electron chi connectivity index (χ4n) is 3.42. The maximum absolute atomic E-state index is 6.60. The topological polar surface area (TPSA) is 52.0 Å². The zero-order valence-electron chi connectivity index (χ0n) is 16.3. The van der Waals surface area contributed by atoms with Crippen LogP contribution in [0.5, 0.6) is 0 Å². The molecule has 0 bridgehead atoms. The van der Waals surface area contributed by atoms with Gasteiger partial charge in [-0.2, -0.15) is 0 Å². The van der Waals surface area contributed by atoms with E-state index in [1.54, 1.807) is 0 Å². The van der Waals surface area contributed by atoms with Crippen molar-refractivity contribution in [3.63, 3.8) is 0 Å². The molecule has 0 aliphatic heterocycles. The second kappa shape index (κ2) is 9.02. The summed E-state index contributed by atoms with van der Waals surface area (Å²) in [7, 11) is 0. The summed E-state index contributed by atoms with van der Waals surface area (Å²) in [5, 5.41) is 2.41. The molecule has 0 aliphatic rings. The third kappa shape index (κ3) is 4.78. The predicted molar refractivity (Wildman–Crippen MR) is 135 cm³/mol. The highest BCUT2D eigenvalue weighted by molar-refractivity contribution is 6.37. The van der Waals surface area contributed by atoms with Crippen LogP contribution in [0.15, 0.2) is 72.8 Å². The summed E-state index contributed by atoms with van der Waals surface area (Å²) < 4.78 is 0. The van der Waals surface area contributed by atoms with E-state index in [1.165, 1.54) is 0 Å². The molecule has 2 nitrogen and oxygen atoms in total. The Balaban J connectivity index is 1.66. The van der Waals surface area contributed by atoms with Crippen molar-refractivity contribution < 1.29 is 0 Å². The first-order valence-electron chi connectivity index (χ1n) is 9.49. The van der Waals surface area contributed by atoms with Gasteiger partial charge in [-0.25, -0.2) is 0 Å². The van der Waals surface area contributed by atoms with Crippen molar-refractivity contribution in [1.82, 2.24) is 0 Å². The van der Waals surface area contributed by atoms with Crippen LogP contribution in [0.3, 0.4) is 0 Å². The molecule has 31 heavy (non-hydrogen) atoms. The van der Waals surface area contributed by atoms with Crippen molar-refractivity contribution in [1.29, 1.82) is 0 Å². The number of nitrogens with two attached hydrogens (primary N) is 2. The van der Waals surface area contributed by atoms with Crippen LogP contribution in [0.1, 0.15) is 11.1 Å². The van der Waals surface area contributed by atoms with Crippen LogP contribution in [-0.4, -0.2) is 0 Å². The largest absolute Gasteiger partial charge is 0.399 e. The van der Waals surface area contributed by atoms with Gasteiger partial charge in [-0.15, -0.1) is 0 Å². The van der Waals surface area contributed by atoms with Crippen molar-refractivity contribution in [3.05, 3.63) is 104 Å². The monoisotopic (exact) mass is 486 g/mol. The van der Waals surface area contributed by atoms with E-state index in [9.17, 15) is 0 Å². The molecule has 6 heteroatoms. The van der Waals surface area contributed by atoms with Gasteiger partial charge in [0.25, 0.3) is 0 Å². The SMILES string of the molecule is Nc1ccc(-c2cc(Cl)c(Cc3cc(Cl)c(-c4ccc(N)cc4)cc3Cl)cc2Cl)cc1. The Bertz CT molecular complexity index is 1150. The summed E-state index contributed by atoms with van der Waals surface area (Å²) >= 11 is 26.3. The van der Waals surface area contributed by atoms with Crippen molar-refractivity contribution >= 4 is 57.8 Å². The third-order valence-corrected chi connectivity index (χ3v) is 6.43. The van der Waals surface area contributed by atoms with E-state index in [4.69, 9.17) is 57.9 Å². The molecule has 0 saturated carbocycles. The fraction of sp³-hybridized carbons (Fsp3) is 0.0400. The zero-order chi connectivity index (χ0) is 22.1. The van der Waals surface area contributed by atoms with Gasteiger partial charge in [-0.3, -0.25) is 0 Å². The minimum Gasteiger partial charge on any atom is -0.399 e. The lowest BCUT2D eigenvalue weighted by Crippen LogP contribution is -1.94. The Labute approximate surface area is 201 Å². The molecule has 0 aliphatic carbocycles. The number of halogens is 4. The highest BCUT2D eigenvalue weighted by Crippen LogP contribution is 2.37. The number of benzene rings is 4. The molecule has 0 aromatic heterocycles. The highest BCUT2D eigenvalue weighted by atomic mass is 35.5. The Hall–Kier alpha value is -2.36. The Morgan fingerprint density at radius 3 is 1.19 bits per heavy atom. The summed E-state index contributed by atoms with van der Waals surface area (Å²) in [4.78, 5) is 0. The van der Waals surface area contributed by atoms with Crippen LogP contribution < -0.4 is 11.5 Å². The lowest BCUT2D eigenvalue weighted by Gasteiger charge is -2.13. The second-order valence-corrected chi connectivity index (χ2v) is 8.90. The molecule has 4 N–H and O–H groups in total. The van der Waals surface area contributed by atoms with Crippen molar-refractivity contribution in [2.45, 2.75) is 6.42 Å². The van der Waals surface area contributed by atoms with E-state index in [1.807, 2.05) is 72.8 Å². The molecule has 0 radical (unpaired) electrons. The normalized spacial score (nSPS) is 11.0. The molecule has 4 aromatic rings. The quantitative estimate of drug-likeness (QED) is 0.284. The first-order valence-corrected chi connectivity index (χ1v) is 11.0. The minimum absolute atomic E-state index is 0.501. The van der Waals surface area contributed by atoms with Crippen LogP contribution in [0.4, 0.5) is 11.4 Å². The summed E-state index contributed by atoms with van der Waals surface area (Å²) in [6.07, 6.45) is 0.501. The molecule has 0 unspecified atom stereocenters. The van der Waals surface area contributed by atoms with E-state index < -0.39 is 0 Å². The van der Waals surface area contributed by atoms with Crippen molar-refractivity contribution in [2.75, 3.05) is 11.5 Å². The van der Waals surface area contributed by atoms with Crippen LogP contribution in [-0.2, 0) is 6.42 Å². The third-order valence-electron chi connectivity index (χ3n) is 5.10. The molecule has 0 saturated heterocycles. The van der Waals surface area contributed by atoms with Crippen molar-refractivity contribution in [3.8, 4) is 22.3 Å². The number of anilines is 2. The zero-order valence-corrected chi connectivity index (χ0v) is 19.3. The number of hydrogen-bond acceptors (Lipinski definition) is 2. The minimum atomic E-state index is 0.501. The molecule has 0 heterocycles. The molecule has 0 atom stereocenters. The molecule has 0 fully saturated rings. The average molecular weight is 488 g/mol. The van der Waals surface area contributed by atoms with Crippen LogP contribution in [0, 0.1) is 0 Å². The van der Waals surface area contributed by atoms with Gasteiger partial charge in [0.1, 0.15) is 0 Å². The van der Waals surface area contributed by atoms with E-state index in [0.717, 1.165) is 33.4 Å². The first kappa shape index (κ1) is 21.9. The average Bonchev–Trinajstić information content (AvgIpc) is 2.74. The Morgan fingerprint density at radius 1 is 0.484 bits per heavy atom. The molecule has 4 rings (SSSR count). The van der Waals surface area contributed by atoms with E-state index in [-0.39, 0.29) is 0 Å². The Morgan fingerprint density at radius 2 is 0.839 bits per heavy atom. The predicted octanol–water partition coefficient (Wildman–Crippen LogP) is 8.39. The first-order chi connectivity index (χ1) is 14.8. The number of hydrogen-bond donors (Lipinski definition) is 2. The van der Waals surface area contributed by atoms with Crippen molar-refractivity contribution in [2.24, 2.45) is 0 Å². The molecular formula is C25H18Cl4N2. The molecule has 4 aromatic carbocycles. The lowest BCUT2D eigenvalue weighted by atomic mass is 9.98. The van der Waals surface area contributed by atoms with Gasteiger partial charge < -0.3 is 11.5 Å². The molecular weight excluding hydrogens is 470 g/mol. The fourth-order valence-corrected chi connectivity index (χ4v) is 4.47. The van der Waals surface area contributed by atoms with Crippen LogP contribution >= 0.6 is 46.4 Å². The molecule has 0 spiro atoms. The van der Waals surface area contributed by atoms with E-state index in [2.05, 4.69) is 0 Å². The second-order valence-electron chi connectivity index (χ2n) is 7.27. The van der Waals surface area contributed by atoms with Crippen LogP contribution in [0.2, 0.25) is 20.1 Å².